The Morgan fingerprint density at radius 1 is 1.30 bits per heavy atom. The van der Waals surface area contributed by atoms with Crippen LogP contribution in [0.4, 0.5) is 0 Å². The maximum atomic E-state index is 12.6. The van der Waals surface area contributed by atoms with Crippen LogP contribution in [0, 0.1) is 0 Å². The summed E-state index contributed by atoms with van der Waals surface area (Å²) in [5, 5.41) is 3.32. The molecule has 1 saturated heterocycles. The lowest BCUT2D eigenvalue weighted by molar-refractivity contribution is 0.0754. The fraction of sp³-hybridized carbons (Fsp3) is 0.588. The molecule has 0 bridgehead atoms. The third-order valence-corrected chi connectivity index (χ3v) is 4.82. The van der Waals surface area contributed by atoms with Crippen LogP contribution in [-0.4, -0.2) is 48.4 Å². The highest BCUT2D eigenvalue weighted by Gasteiger charge is 2.26. The zero-order valence-electron chi connectivity index (χ0n) is 13.9. The van der Waals surface area contributed by atoms with Crippen molar-refractivity contribution in [1.82, 2.24) is 15.1 Å². The number of halogens is 2. The van der Waals surface area contributed by atoms with E-state index in [0.29, 0.717) is 6.04 Å². The highest BCUT2D eigenvalue weighted by Crippen LogP contribution is 2.20. The first-order chi connectivity index (χ1) is 10.2. The lowest BCUT2D eigenvalue weighted by Gasteiger charge is -2.28. The zero-order valence-corrected chi connectivity index (χ0v) is 15.5. The number of nitrogens with one attached hydrogen (secondary N) is 1. The topological polar surface area (TPSA) is 35.6 Å². The Morgan fingerprint density at radius 3 is 2.78 bits per heavy atom. The first-order valence-electron chi connectivity index (χ1n) is 8.01. The molecule has 0 radical (unpaired) electrons. The molecule has 0 aromatic heterocycles. The number of carbonyl (C=O) groups excluding carboxylic acids is 1. The number of likely N-dealkylation sites (N-methyl/N-ethyl adjacent to an activating group) is 2. The van der Waals surface area contributed by atoms with Gasteiger partial charge >= 0.3 is 0 Å². The zero-order chi connectivity index (χ0) is 14.8. The van der Waals surface area contributed by atoms with E-state index in [-0.39, 0.29) is 30.7 Å². The van der Waals surface area contributed by atoms with Gasteiger partial charge in [-0.3, -0.25) is 9.69 Å². The second-order valence-electron chi connectivity index (χ2n) is 6.20. The van der Waals surface area contributed by atoms with Crippen molar-refractivity contribution in [2.24, 2.45) is 0 Å². The molecular weight excluding hydrogens is 333 g/mol. The molecule has 1 aromatic carbocycles. The number of nitrogens with zero attached hydrogens (tertiary/aromatic N) is 2. The predicted octanol–water partition coefficient (Wildman–Crippen LogP) is 2.69. The van der Waals surface area contributed by atoms with E-state index in [1.165, 1.54) is 30.5 Å². The summed E-state index contributed by atoms with van der Waals surface area (Å²) >= 11 is 0. The molecular formula is C17H27Cl2N3O. The second kappa shape index (κ2) is 8.88. The summed E-state index contributed by atoms with van der Waals surface area (Å²) in [5.41, 5.74) is 3.41. The van der Waals surface area contributed by atoms with Gasteiger partial charge in [-0.1, -0.05) is 13.0 Å². The molecule has 1 N–H and O–H groups in total. The molecule has 0 saturated carbocycles. The van der Waals surface area contributed by atoms with Crippen molar-refractivity contribution in [2.75, 3.05) is 26.7 Å². The molecule has 0 spiro atoms. The lowest BCUT2D eigenvalue weighted by Crippen LogP contribution is -2.41. The Morgan fingerprint density at radius 2 is 2.04 bits per heavy atom. The van der Waals surface area contributed by atoms with Crippen LogP contribution in [0.5, 0.6) is 0 Å². The second-order valence-corrected chi connectivity index (χ2v) is 6.20. The van der Waals surface area contributed by atoms with E-state index < -0.39 is 0 Å². The molecule has 1 fully saturated rings. The molecule has 2 heterocycles. The minimum absolute atomic E-state index is 0. The summed E-state index contributed by atoms with van der Waals surface area (Å²) in [6.07, 6.45) is 2.46. The van der Waals surface area contributed by atoms with E-state index in [9.17, 15) is 4.79 Å². The van der Waals surface area contributed by atoms with Gasteiger partial charge in [0.15, 0.2) is 0 Å². The third kappa shape index (κ3) is 4.38. The molecule has 1 aromatic rings. The van der Waals surface area contributed by atoms with Gasteiger partial charge in [-0.25, -0.2) is 0 Å². The maximum absolute atomic E-state index is 12.6. The number of likely N-dealkylation sites (tertiary alicyclic amines) is 1. The summed E-state index contributed by atoms with van der Waals surface area (Å²) in [6, 6.07) is 6.64. The van der Waals surface area contributed by atoms with Crippen LogP contribution in [0.1, 0.15) is 41.3 Å². The number of fused-ring (bicyclic) bond motifs is 1. The summed E-state index contributed by atoms with van der Waals surface area (Å²) in [6.45, 7) is 7.10. The highest BCUT2D eigenvalue weighted by atomic mass is 35.5. The van der Waals surface area contributed by atoms with Crippen molar-refractivity contribution in [1.29, 1.82) is 0 Å². The van der Waals surface area contributed by atoms with Gasteiger partial charge in [0.2, 0.25) is 0 Å². The van der Waals surface area contributed by atoms with Crippen LogP contribution >= 0.6 is 24.8 Å². The minimum Gasteiger partial charge on any atom is -0.340 e. The standard InChI is InChI=1S/C17H25N3O.2ClH/c1-3-20-8-4-5-16(20)12-19(2)17(21)13-6-7-14-10-18-11-15(14)9-13;;/h6-7,9,16,18H,3-5,8,10-12H2,1-2H3;2*1H. The van der Waals surface area contributed by atoms with E-state index in [2.05, 4.69) is 29.3 Å². The lowest BCUT2D eigenvalue weighted by atomic mass is 10.1. The van der Waals surface area contributed by atoms with Crippen molar-refractivity contribution in [3.63, 3.8) is 0 Å². The van der Waals surface area contributed by atoms with Crippen LogP contribution < -0.4 is 5.32 Å². The Balaban J connectivity index is 0.00000132. The summed E-state index contributed by atoms with van der Waals surface area (Å²) in [4.78, 5) is 17.0. The summed E-state index contributed by atoms with van der Waals surface area (Å²) < 4.78 is 0. The number of hydrogen-bond acceptors (Lipinski definition) is 3. The highest BCUT2D eigenvalue weighted by molar-refractivity contribution is 5.94. The maximum Gasteiger partial charge on any atom is 0.253 e. The Hall–Kier alpha value is -0.810. The van der Waals surface area contributed by atoms with Crippen LogP contribution in [-0.2, 0) is 13.1 Å². The van der Waals surface area contributed by atoms with Crippen LogP contribution in [0.25, 0.3) is 0 Å². The largest absolute Gasteiger partial charge is 0.340 e. The number of hydrogen-bond donors (Lipinski definition) is 1. The van der Waals surface area contributed by atoms with E-state index in [1.54, 1.807) is 0 Å². The molecule has 2 aliphatic heterocycles. The molecule has 130 valence electrons. The molecule has 1 unspecified atom stereocenters. The molecule has 0 aliphatic carbocycles. The quantitative estimate of drug-likeness (QED) is 0.897. The number of carbonyl (C=O) groups is 1. The molecule has 3 rings (SSSR count). The molecule has 1 amide bonds. The van der Waals surface area contributed by atoms with E-state index in [1.807, 2.05) is 18.0 Å². The molecule has 1 atom stereocenters. The van der Waals surface area contributed by atoms with E-state index in [4.69, 9.17) is 0 Å². The van der Waals surface area contributed by atoms with Crippen LogP contribution in [0.15, 0.2) is 18.2 Å². The average molecular weight is 360 g/mol. The van der Waals surface area contributed by atoms with Gasteiger partial charge < -0.3 is 10.2 Å². The Kier molecular flexibility index (Phi) is 7.81. The van der Waals surface area contributed by atoms with Crippen LogP contribution in [0.2, 0.25) is 0 Å². The van der Waals surface area contributed by atoms with Crippen molar-refractivity contribution >= 4 is 30.7 Å². The number of amides is 1. The van der Waals surface area contributed by atoms with Gasteiger partial charge in [0.25, 0.3) is 5.91 Å². The first kappa shape index (κ1) is 20.2. The predicted molar refractivity (Wildman–Crippen MR) is 98.7 cm³/mol. The summed E-state index contributed by atoms with van der Waals surface area (Å²) in [7, 11) is 1.93. The average Bonchev–Trinajstić information content (AvgIpc) is 3.13. The monoisotopic (exact) mass is 359 g/mol. The van der Waals surface area contributed by atoms with Crippen molar-refractivity contribution in [3.05, 3.63) is 34.9 Å². The molecule has 4 nitrogen and oxygen atoms in total. The normalized spacial score (nSPS) is 19.7. The van der Waals surface area contributed by atoms with Gasteiger partial charge in [0.1, 0.15) is 0 Å². The number of benzene rings is 1. The smallest absolute Gasteiger partial charge is 0.253 e. The Bertz CT molecular complexity index is 539. The molecule has 6 heteroatoms. The van der Waals surface area contributed by atoms with E-state index >= 15 is 0 Å². The summed E-state index contributed by atoms with van der Waals surface area (Å²) in [5.74, 6) is 0.146. The fourth-order valence-electron chi connectivity index (χ4n) is 3.57. The van der Waals surface area contributed by atoms with Gasteiger partial charge in [-0.15, -0.1) is 24.8 Å². The Labute approximate surface area is 151 Å². The third-order valence-electron chi connectivity index (χ3n) is 4.82. The molecule has 23 heavy (non-hydrogen) atoms. The minimum atomic E-state index is 0. The van der Waals surface area contributed by atoms with Gasteiger partial charge in [-0.05, 0) is 49.2 Å². The van der Waals surface area contributed by atoms with Gasteiger partial charge in [-0.2, -0.15) is 0 Å². The van der Waals surface area contributed by atoms with E-state index in [0.717, 1.165) is 31.7 Å². The fourth-order valence-corrected chi connectivity index (χ4v) is 3.57. The van der Waals surface area contributed by atoms with Crippen molar-refractivity contribution in [3.8, 4) is 0 Å². The number of rotatable bonds is 4. The molecule has 2 aliphatic rings. The van der Waals surface area contributed by atoms with Crippen molar-refractivity contribution < 1.29 is 4.79 Å². The van der Waals surface area contributed by atoms with Crippen LogP contribution in [0.3, 0.4) is 0 Å². The van der Waals surface area contributed by atoms with Gasteiger partial charge in [0.05, 0.1) is 0 Å². The first-order valence-corrected chi connectivity index (χ1v) is 8.01. The SMILES string of the molecule is CCN1CCCC1CN(C)C(=O)c1ccc2c(c1)CNC2.Cl.Cl. The van der Waals surface area contributed by atoms with Crippen molar-refractivity contribution in [2.45, 2.75) is 38.9 Å². The van der Waals surface area contributed by atoms with Gasteiger partial charge in [0, 0.05) is 38.3 Å².